The third-order valence-corrected chi connectivity index (χ3v) is 2.51. The fraction of sp³-hybridized carbons (Fsp3) is 0.333. The average Bonchev–Trinajstić information content (AvgIpc) is 2.69. The highest BCUT2D eigenvalue weighted by atomic mass is 35.5. The summed E-state index contributed by atoms with van der Waals surface area (Å²) < 4.78 is 13.2. The molecule has 1 aliphatic heterocycles. The molecular weight excluding hydrogens is 213 g/mol. The molecule has 1 aliphatic rings. The molecule has 0 saturated carbocycles. The highest BCUT2D eigenvalue weighted by molar-refractivity contribution is 5.85. The van der Waals surface area contributed by atoms with E-state index in [1.54, 1.807) is 12.1 Å². The maximum absolute atomic E-state index is 13.2. The van der Waals surface area contributed by atoms with Crippen molar-refractivity contribution in [2.24, 2.45) is 0 Å². The lowest BCUT2D eigenvalue weighted by Crippen LogP contribution is -2.17. The number of hydrogen-bond acceptors (Lipinski definition) is 1. The molecule has 2 rings (SSSR count). The molecule has 1 saturated heterocycles. The fourth-order valence-electron chi connectivity index (χ4n) is 1.71. The lowest BCUT2D eigenvalue weighted by Gasteiger charge is -2.02. The van der Waals surface area contributed by atoms with E-state index in [1.165, 1.54) is 12.5 Å². The Morgan fingerprint density at radius 3 is 2.80 bits per heavy atom. The summed E-state index contributed by atoms with van der Waals surface area (Å²) in [7, 11) is 0. The van der Waals surface area contributed by atoms with Gasteiger partial charge in [-0.05, 0) is 25.5 Å². The summed E-state index contributed by atoms with van der Waals surface area (Å²) in [6, 6.07) is 7.27. The number of nitrogens with one attached hydrogen (secondary N) is 1. The quantitative estimate of drug-likeness (QED) is 0.819. The summed E-state index contributed by atoms with van der Waals surface area (Å²) in [6.07, 6.45) is 6.28. The topological polar surface area (TPSA) is 12.0 Å². The third kappa shape index (κ3) is 3.33. The average molecular weight is 228 g/mol. The van der Waals surface area contributed by atoms with Crippen LogP contribution in [0.1, 0.15) is 18.4 Å². The van der Waals surface area contributed by atoms with Crippen LogP contribution in [0.5, 0.6) is 0 Å². The largest absolute Gasteiger partial charge is 0.311 e. The van der Waals surface area contributed by atoms with Crippen molar-refractivity contribution < 1.29 is 4.39 Å². The Balaban J connectivity index is 0.00000112. The molecule has 15 heavy (non-hydrogen) atoms. The maximum atomic E-state index is 13.2. The van der Waals surface area contributed by atoms with Crippen LogP contribution in [-0.4, -0.2) is 12.6 Å². The van der Waals surface area contributed by atoms with Crippen molar-refractivity contribution in [1.29, 1.82) is 0 Å². The monoisotopic (exact) mass is 227 g/mol. The minimum Gasteiger partial charge on any atom is -0.311 e. The summed E-state index contributed by atoms with van der Waals surface area (Å²) >= 11 is 0. The normalized spacial score (nSPS) is 20.5. The SMILES string of the molecule is Cl.Fc1ccccc1/C=C/C1CCCN1. The zero-order valence-electron chi connectivity index (χ0n) is 8.45. The molecule has 0 aromatic heterocycles. The van der Waals surface area contributed by atoms with Gasteiger partial charge in [0.1, 0.15) is 5.82 Å². The van der Waals surface area contributed by atoms with Gasteiger partial charge >= 0.3 is 0 Å². The molecule has 1 atom stereocenters. The zero-order chi connectivity index (χ0) is 9.80. The molecule has 0 bridgehead atoms. The Morgan fingerprint density at radius 1 is 1.33 bits per heavy atom. The molecule has 0 amide bonds. The fourth-order valence-corrected chi connectivity index (χ4v) is 1.71. The maximum Gasteiger partial charge on any atom is 0.130 e. The zero-order valence-corrected chi connectivity index (χ0v) is 9.27. The van der Waals surface area contributed by atoms with Crippen LogP contribution >= 0.6 is 12.4 Å². The first-order chi connectivity index (χ1) is 6.86. The van der Waals surface area contributed by atoms with Crippen molar-refractivity contribution in [3.8, 4) is 0 Å². The standard InChI is InChI=1S/C12H14FN.ClH/c13-12-6-2-1-4-10(12)7-8-11-5-3-9-14-11;/h1-2,4,6-8,11,14H,3,5,9H2;1H/b8-7+;. The van der Waals surface area contributed by atoms with Gasteiger partial charge < -0.3 is 5.32 Å². The lowest BCUT2D eigenvalue weighted by molar-refractivity contribution is 0.625. The van der Waals surface area contributed by atoms with Gasteiger partial charge in [-0.1, -0.05) is 30.4 Å². The number of hydrogen-bond donors (Lipinski definition) is 1. The van der Waals surface area contributed by atoms with Gasteiger partial charge in [0.15, 0.2) is 0 Å². The minimum atomic E-state index is -0.151. The molecule has 1 N–H and O–H groups in total. The van der Waals surface area contributed by atoms with E-state index in [2.05, 4.69) is 5.32 Å². The van der Waals surface area contributed by atoms with Crippen LogP contribution in [0.2, 0.25) is 0 Å². The van der Waals surface area contributed by atoms with Gasteiger partial charge in [0.2, 0.25) is 0 Å². The number of benzene rings is 1. The van der Waals surface area contributed by atoms with E-state index >= 15 is 0 Å². The van der Waals surface area contributed by atoms with Gasteiger partial charge in [-0.3, -0.25) is 0 Å². The third-order valence-electron chi connectivity index (χ3n) is 2.51. The Morgan fingerprint density at radius 2 is 2.13 bits per heavy atom. The van der Waals surface area contributed by atoms with E-state index in [9.17, 15) is 4.39 Å². The van der Waals surface area contributed by atoms with Crippen molar-refractivity contribution in [3.63, 3.8) is 0 Å². The molecule has 1 aromatic rings. The smallest absolute Gasteiger partial charge is 0.130 e. The van der Waals surface area contributed by atoms with E-state index < -0.39 is 0 Å². The first-order valence-corrected chi connectivity index (χ1v) is 5.02. The van der Waals surface area contributed by atoms with Gasteiger partial charge in [-0.15, -0.1) is 12.4 Å². The highest BCUT2D eigenvalue weighted by Gasteiger charge is 2.09. The predicted octanol–water partition coefficient (Wildman–Crippen LogP) is 3.01. The highest BCUT2D eigenvalue weighted by Crippen LogP contribution is 2.11. The van der Waals surface area contributed by atoms with Crippen molar-refractivity contribution in [3.05, 3.63) is 41.7 Å². The van der Waals surface area contributed by atoms with Gasteiger partial charge in [0, 0.05) is 11.6 Å². The van der Waals surface area contributed by atoms with Crippen LogP contribution in [-0.2, 0) is 0 Å². The summed E-state index contributed by atoms with van der Waals surface area (Å²) in [6.45, 7) is 1.08. The molecule has 1 fully saturated rings. The van der Waals surface area contributed by atoms with Gasteiger partial charge in [0.05, 0.1) is 0 Å². The summed E-state index contributed by atoms with van der Waals surface area (Å²) in [4.78, 5) is 0. The summed E-state index contributed by atoms with van der Waals surface area (Å²) in [5.41, 5.74) is 0.668. The second-order valence-corrected chi connectivity index (χ2v) is 3.58. The van der Waals surface area contributed by atoms with Gasteiger partial charge in [-0.25, -0.2) is 4.39 Å². The minimum absolute atomic E-state index is 0. The molecule has 0 aliphatic carbocycles. The van der Waals surface area contributed by atoms with Crippen LogP contribution in [0.15, 0.2) is 30.3 Å². The molecule has 82 valence electrons. The van der Waals surface area contributed by atoms with Crippen molar-refractivity contribution >= 4 is 18.5 Å². The van der Waals surface area contributed by atoms with Gasteiger partial charge in [-0.2, -0.15) is 0 Å². The molecule has 0 spiro atoms. The molecule has 1 nitrogen and oxygen atoms in total. The van der Waals surface area contributed by atoms with Crippen LogP contribution in [0, 0.1) is 5.82 Å². The Kier molecular flexibility index (Phi) is 4.79. The van der Waals surface area contributed by atoms with Crippen molar-refractivity contribution in [2.45, 2.75) is 18.9 Å². The van der Waals surface area contributed by atoms with Gasteiger partial charge in [0.25, 0.3) is 0 Å². The van der Waals surface area contributed by atoms with E-state index in [1.807, 2.05) is 18.2 Å². The molecule has 1 aromatic carbocycles. The molecule has 0 radical (unpaired) electrons. The second kappa shape index (κ2) is 5.89. The molecule has 1 unspecified atom stereocenters. The van der Waals surface area contributed by atoms with Crippen LogP contribution < -0.4 is 5.32 Å². The lowest BCUT2D eigenvalue weighted by atomic mass is 10.1. The molecule has 1 heterocycles. The van der Waals surface area contributed by atoms with Crippen LogP contribution in [0.4, 0.5) is 4.39 Å². The molecule has 3 heteroatoms. The van der Waals surface area contributed by atoms with Crippen molar-refractivity contribution in [1.82, 2.24) is 5.32 Å². The van der Waals surface area contributed by atoms with E-state index in [-0.39, 0.29) is 18.2 Å². The Hall–Kier alpha value is -0.860. The van der Waals surface area contributed by atoms with E-state index in [0.29, 0.717) is 11.6 Å². The first-order valence-electron chi connectivity index (χ1n) is 5.02. The Bertz CT molecular complexity index is 332. The predicted molar refractivity (Wildman–Crippen MR) is 63.7 cm³/mol. The number of halogens is 2. The van der Waals surface area contributed by atoms with Crippen LogP contribution in [0.3, 0.4) is 0 Å². The van der Waals surface area contributed by atoms with Crippen LogP contribution in [0.25, 0.3) is 6.08 Å². The summed E-state index contributed by atoms with van der Waals surface area (Å²) in [5.74, 6) is -0.151. The van der Waals surface area contributed by atoms with Crippen molar-refractivity contribution in [2.75, 3.05) is 6.54 Å². The second-order valence-electron chi connectivity index (χ2n) is 3.58. The molecular formula is C12H15ClFN. The van der Waals surface area contributed by atoms with E-state index in [0.717, 1.165) is 13.0 Å². The summed E-state index contributed by atoms with van der Waals surface area (Å²) in [5, 5.41) is 3.34. The number of rotatable bonds is 2. The van der Waals surface area contributed by atoms with E-state index in [4.69, 9.17) is 0 Å². The first kappa shape index (κ1) is 12.2. The Labute approximate surface area is 95.8 Å².